The van der Waals surface area contributed by atoms with Gasteiger partial charge in [-0.2, -0.15) is 0 Å². The predicted molar refractivity (Wildman–Crippen MR) is 60.1 cm³/mol. The zero-order valence-electron chi connectivity index (χ0n) is 7.85. The van der Waals surface area contributed by atoms with E-state index in [1.54, 1.807) is 30.6 Å². The second kappa shape index (κ2) is 4.24. The highest BCUT2D eigenvalue weighted by Crippen LogP contribution is 2.25. The molecule has 1 aromatic carbocycles. The number of aldehydes is 1. The number of benzene rings is 1. The first-order valence-electron chi connectivity index (χ1n) is 4.46. The Hall–Kier alpha value is -1.67. The van der Waals surface area contributed by atoms with E-state index in [2.05, 4.69) is 4.98 Å². The van der Waals surface area contributed by atoms with Crippen molar-refractivity contribution in [1.29, 1.82) is 0 Å². The van der Waals surface area contributed by atoms with E-state index in [9.17, 15) is 4.79 Å². The zero-order valence-corrected chi connectivity index (χ0v) is 8.61. The summed E-state index contributed by atoms with van der Waals surface area (Å²) in [6, 6.07) is 8.89. The molecule has 2 rings (SSSR count). The number of rotatable bonds is 2. The smallest absolute Gasteiger partial charge is 0.150 e. The highest BCUT2D eigenvalue weighted by Gasteiger charge is 2.04. The molecule has 15 heavy (non-hydrogen) atoms. The fourth-order valence-electron chi connectivity index (χ4n) is 1.41. The van der Waals surface area contributed by atoms with Gasteiger partial charge in [0.2, 0.25) is 0 Å². The number of halogens is 1. The van der Waals surface area contributed by atoms with Gasteiger partial charge in [0.1, 0.15) is 0 Å². The van der Waals surface area contributed by atoms with Gasteiger partial charge in [-0.1, -0.05) is 11.6 Å². The SMILES string of the molecule is O=Cc1ccc(Cl)cc1-c1ccncc1. The van der Waals surface area contributed by atoms with Gasteiger partial charge in [-0.15, -0.1) is 0 Å². The van der Waals surface area contributed by atoms with Crippen molar-refractivity contribution >= 4 is 17.9 Å². The standard InChI is InChI=1S/C12H8ClNO/c13-11-2-1-10(8-15)12(7-11)9-3-5-14-6-4-9/h1-8H. The highest BCUT2D eigenvalue weighted by atomic mass is 35.5. The van der Waals surface area contributed by atoms with Crippen LogP contribution < -0.4 is 0 Å². The van der Waals surface area contributed by atoms with Crippen LogP contribution in [0.3, 0.4) is 0 Å². The molecule has 0 fully saturated rings. The van der Waals surface area contributed by atoms with Crippen molar-refractivity contribution in [1.82, 2.24) is 4.98 Å². The number of hydrogen-bond donors (Lipinski definition) is 0. The Morgan fingerprint density at radius 3 is 2.53 bits per heavy atom. The molecule has 0 spiro atoms. The van der Waals surface area contributed by atoms with Gasteiger partial charge in [-0.25, -0.2) is 0 Å². The van der Waals surface area contributed by atoms with E-state index in [0.29, 0.717) is 10.6 Å². The molecule has 2 aromatic rings. The average molecular weight is 218 g/mol. The lowest BCUT2D eigenvalue weighted by molar-refractivity contribution is 0.112. The van der Waals surface area contributed by atoms with E-state index < -0.39 is 0 Å². The molecule has 0 aliphatic heterocycles. The third-order valence-corrected chi connectivity index (χ3v) is 2.37. The van der Waals surface area contributed by atoms with Gasteiger partial charge < -0.3 is 0 Å². The van der Waals surface area contributed by atoms with E-state index >= 15 is 0 Å². The van der Waals surface area contributed by atoms with Crippen molar-refractivity contribution in [2.75, 3.05) is 0 Å². The minimum Gasteiger partial charge on any atom is -0.298 e. The number of hydrogen-bond acceptors (Lipinski definition) is 2. The Balaban J connectivity index is 2.61. The maximum atomic E-state index is 10.9. The first-order chi connectivity index (χ1) is 7.31. The molecule has 3 heteroatoms. The first kappa shape index (κ1) is 9.87. The second-order valence-corrected chi connectivity index (χ2v) is 3.52. The summed E-state index contributed by atoms with van der Waals surface area (Å²) < 4.78 is 0. The molecule has 74 valence electrons. The average Bonchev–Trinajstić information content (AvgIpc) is 2.30. The summed E-state index contributed by atoms with van der Waals surface area (Å²) in [7, 11) is 0. The van der Waals surface area contributed by atoms with E-state index in [1.165, 1.54) is 0 Å². The Kier molecular flexibility index (Phi) is 2.79. The third kappa shape index (κ3) is 2.05. The molecule has 0 saturated carbocycles. The summed E-state index contributed by atoms with van der Waals surface area (Å²) in [5.41, 5.74) is 2.40. The molecule has 0 N–H and O–H groups in total. The van der Waals surface area contributed by atoms with Crippen LogP contribution in [-0.4, -0.2) is 11.3 Å². The van der Waals surface area contributed by atoms with E-state index in [0.717, 1.165) is 17.4 Å². The van der Waals surface area contributed by atoms with Crippen molar-refractivity contribution in [3.05, 3.63) is 53.3 Å². The molecule has 0 aliphatic carbocycles. The predicted octanol–water partition coefficient (Wildman–Crippen LogP) is 3.21. The summed E-state index contributed by atoms with van der Waals surface area (Å²) in [5.74, 6) is 0. The van der Waals surface area contributed by atoms with E-state index in [-0.39, 0.29) is 0 Å². The van der Waals surface area contributed by atoms with Crippen molar-refractivity contribution in [2.45, 2.75) is 0 Å². The summed E-state index contributed by atoms with van der Waals surface area (Å²) in [5, 5.41) is 0.618. The molecule has 1 heterocycles. The number of aromatic nitrogens is 1. The summed E-state index contributed by atoms with van der Waals surface area (Å²) in [6.07, 6.45) is 4.20. The quantitative estimate of drug-likeness (QED) is 0.723. The minimum atomic E-state index is 0.618. The minimum absolute atomic E-state index is 0.618. The number of nitrogens with zero attached hydrogens (tertiary/aromatic N) is 1. The van der Waals surface area contributed by atoms with E-state index in [1.807, 2.05) is 12.1 Å². The maximum absolute atomic E-state index is 10.9. The lowest BCUT2D eigenvalue weighted by Crippen LogP contribution is -1.87. The molecule has 0 radical (unpaired) electrons. The van der Waals surface area contributed by atoms with Crippen molar-refractivity contribution < 1.29 is 4.79 Å². The van der Waals surface area contributed by atoms with Crippen molar-refractivity contribution in [2.24, 2.45) is 0 Å². The van der Waals surface area contributed by atoms with Crippen LogP contribution in [0.25, 0.3) is 11.1 Å². The largest absolute Gasteiger partial charge is 0.298 e. The van der Waals surface area contributed by atoms with Gasteiger partial charge in [0, 0.05) is 23.0 Å². The lowest BCUT2D eigenvalue weighted by atomic mass is 10.0. The normalized spacial score (nSPS) is 9.93. The molecule has 0 unspecified atom stereocenters. The lowest BCUT2D eigenvalue weighted by Gasteiger charge is -2.04. The Labute approximate surface area is 92.5 Å². The summed E-state index contributed by atoms with van der Waals surface area (Å²) in [4.78, 5) is 14.8. The van der Waals surface area contributed by atoms with Gasteiger partial charge in [0.05, 0.1) is 0 Å². The van der Waals surface area contributed by atoms with Crippen LogP contribution in [-0.2, 0) is 0 Å². The Morgan fingerprint density at radius 1 is 1.13 bits per heavy atom. The topological polar surface area (TPSA) is 30.0 Å². The van der Waals surface area contributed by atoms with Crippen LogP contribution in [0.1, 0.15) is 10.4 Å². The van der Waals surface area contributed by atoms with Crippen LogP contribution in [0.15, 0.2) is 42.7 Å². The van der Waals surface area contributed by atoms with Crippen molar-refractivity contribution in [3.8, 4) is 11.1 Å². The molecular formula is C12H8ClNO. The fraction of sp³-hybridized carbons (Fsp3) is 0. The van der Waals surface area contributed by atoms with Crippen LogP contribution in [0, 0.1) is 0 Å². The monoisotopic (exact) mass is 217 g/mol. The first-order valence-corrected chi connectivity index (χ1v) is 4.84. The van der Waals surface area contributed by atoms with Crippen LogP contribution >= 0.6 is 11.6 Å². The molecule has 2 nitrogen and oxygen atoms in total. The maximum Gasteiger partial charge on any atom is 0.150 e. The van der Waals surface area contributed by atoms with Crippen LogP contribution in [0.5, 0.6) is 0 Å². The zero-order chi connectivity index (χ0) is 10.7. The second-order valence-electron chi connectivity index (χ2n) is 3.09. The Morgan fingerprint density at radius 2 is 1.87 bits per heavy atom. The van der Waals surface area contributed by atoms with Gasteiger partial charge in [-0.3, -0.25) is 9.78 Å². The Bertz CT molecular complexity index is 482. The highest BCUT2D eigenvalue weighted by molar-refractivity contribution is 6.31. The molecule has 0 aliphatic rings. The number of pyridine rings is 1. The number of carbonyl (C=O) groups is 1. The molecule has 1 aromatic heterocycles. The number of carbonyl (C=O) groups excluding carboxylic acids is 1. The van der Waals surface area contributed by atoms with Gasteiger partial charge >= 0.3 is 0 Å². The molecule has 0 atom stereocenters. The fourth-order valence-corrected chi connectivity index (χ4v) is 1.58. The molecule has 0 saturated heterocycles. The van der Waals surface area contributed by atoms with Crippen LogP contribution in [0.2, 0.25) is 5.02 Å². The van der Waals surface area contributed by atoms with Gasteiger partial charge in [-0.05, 0) is 41.5 Å². The summed E-state index contributed by atoms with van der Waals surface area (Å²) >= 11 is 5.89. The molecule has 0 bridgehead atoms. The van der Waals surface area contributed by atoms with Gasteiger partial charge in [0.25, 0.3) is 0 Å². The third-order valence-electron chi connectivity index (χ3n) is 2.13. The van der Waals surface area contributed by atoms with Crippen LogP contribution in [0.4, 0.5) is 0 Å². The molecule has 0 amide bonds. The van der Waals surface area contributed by atoms with Crippen molar-refractivity contribution in [3.63, 3.8) is 0 Å². The van der Waals surface area contributed by atoms with Gasteiger partial charge in [0.15, 0.2) is 6.29 Å². The van der Waals surface area contributed by atoms with E-state index in [4.69, 9.17) is 11.6 Å². The molecular weight excluding hydrogens is 210 g/mol. The summed E-state index contributed by atoms with van der Waals surface area (Å²) in [6.45, 7) is 0.